The summed E-state index contributed by atoms with van der Waals surface area (Å²) in [4.78, 5) is 0. The molecule has 1 fully saturated rings. The largest absolute Gasteiger partial charge is 0.381 e. The molecule has 1 heterocycles. The molecule has 0 bridgehead atoms. The lowest BCUT2D eigenvalue weighted by Gasteiger charge is -2.38. The normalized spacial score (nSPS) is 23.2. The van der Waals surface area contributed by atoms with Crippen LogP contribution in [0.25, 0.3) is 0 Å². The second kappa shape index (κ2) is 6.64. The molecule has 1 saturated heterocycles. The third kappa shape index (κ3) is 3.76. The van der Waals surface area contributed by atoms with E-state index in [1.54, 1.807) is 0 Å². The van der Waals surface area contributed by atoms with Gasteiger partial charge in [0.2, 0.25) is 0 Å². The van der Waals surface area contributed by atoms with E-state index < -0.39 is 11.6 Å². The van der Waals surface area contributed by atoms with Crippen molar-refractivity contribution in [3.8, 4) is 0 Å². The molecule has 1 aliphatic rings. The van der Waals surface area contributed by atoms with Crippen LogP contribution in [0.3, 0.4) is 0 Å². The number of rotatable bonds is 5. The number of nitrogens with one attached hydrogen (secondary N) is 1. The van der Waals surface area contributed by atoms with Crippen molar-refractivity contribution in [2.24, 2.45) is 5.41 Å². The summed E-state index contributed by atoms with van der Waals surface area (Å²) in [6.45, 7) is 6.16. The molecule has 1 aliphatic heterocycles. The minimum Gasteiger partial charge on any atom is -0.381 e. The lowest BCUT2D eigenvalue weighted by molar-refractivity contribution is -0.00880. The minimum absolute atomic E-state index is 0.184. The van der Waals surface area contributed by atoms with Crippen LogP contribution >= 0.6 is 0 Å². The molecular formula is C16H23F2NO. The van der Waals surface area contributed by atoms with Crippen LogP contribution in [0.15, 0.2) is 18.2 Å². The van der Waals surface area contributed by atoms with Gasteiger partial charge in [0, 0.05) is 30.2 Å². The van der Waals surface area contributed by atoms with Crippen LogP contribution in [-0.2, 0) is 11.2 Å². The molecule has 20 heavy (non-hydrogen) atoms. The first-order valence-electron chi connectivity index (χ1n) is 7.26. The maximum Gasteiger partial charge on any atom is 0.129 e. The van der Waals surface area contributed by atoms with Gasteiger partial charge in [-0.15, -0.1) is 0 Å². The fourth-order valence-corrected chi connectivity index (χ4v) is 2.75. The van der Waals surface area contributed by atoms with Crippen LogP contribution in [0.5, 0.6) is 0 Å². The van der Waals surface area contributed by atoms with E-state index in [4.69, 9.17) is 4.74 Å². The van der Waals surface area contributed by atoms with Crippen LogP contribution < -0.4 is 5.32 Å². The average molecular weight is 283 g/mol. The van der Waals surface area contributed by atoms with Crippen molar-refractivity contribution >= 4 is 0 Å². The number of hydrogen-bond donors (Lipinski definition) is 1. The molecule has 4 heteroatoms. The number of benzene rings is 1. The highest BCUT2D eigenvalue weighted by Gasteiger charge is 2.34. The molecule has 1 unspecified atom stereocenters. The molecule has 1 atom stereocenters. The van der Waals surface area contributed by atoms with Crippen molar-refractivity contribution in [1.29, 1.82) is 0 Å². The highest BCUT2D eigenvalue weighted by Crippen LogP contribution is 2.33. The van der Waals surface area contributed by atoms with Gasteiger partial charge in [0.25, 0.3) is 0 Å². The number of halogens is 2. The molecule has 0 spiro atoms. The Kier molecular flexibility index (Phi) is 5.11. The molecule has 1 N–H and O–H groups in total. The lowest BCUT2D eigenvalue weighted by Crippen LogP contribution is -2.44. The Bertz CT molecular complexity index is 422. The molecule has 0 aliphatic carbocycles. The molecule has 0 amide bonds. The van der Waals surface area contributed by atoms with E-state index in [1.165, 1.54) is 18.2 Å². The van der Waals surface area contributed by atoms with E-state index in [9.17, 15) is 8.78 Å². The van der Waals surface area contributed by atoms with Crippen molar-refractivity contribution in [3.05, 3.63) is 35.4 Å². The van der Waals surface area contributed by atoms with Crippen LogP contribution in [0, 0.1) is 17.0 Å². The Morgan fingerprint density at radius 3 is 2.55 bits per heavy atom. The summed E-state index contributed by atoms with van der Waals surface area (Å²) in [5.41, 5.74) is -0.0329. The van der Waals surface area contributed by atoms with Gasteiger partial charge in [0.15, 0.2) is 0 Å². The zero-order chi connectivity index (χ0) is 14.6. The van der Waals surface area contributed by atoms with Crippen LogP contribution in [-0.4, -0.2) is 25.8 Å². The van der Waals surface area contributed by atoms with Crippen molar-refractivity contribution in [1.82, 2.24) is 5.32 Å². The van der Waals surface area contributed by atoms with E-state index in [0.717, 1.165) is 26.0 Å². The fourth-order valence-electron chi connectivity index (χ4n) is 2.75. The predicted octanol–water partition coefficient (Wildman–Crippen LogP) is 3.30. The predicted molar refractivity (Wildman–Crippen MR) is 75.7 cm³/mol. The van der Waals surface area contributed by atoms with E-state index in [1.807, 2.05) is 0 Å². The molecular weight excluding hydrogens is 260 g/mol. The summed E-state index contributed by atoms with van der Waals surface area (Å²) in [7, 11) is 0. The van der Waals surface area contributed by atoms with E-state index in [-0.39, 0.29) is 11.0 Å². The van der Waals surface area contributed by atoms with Crippen LogP contribution in [0.1, 0.15) is 32.3 Å². The van der Waals surface area contributed by atoms with E-state index in [2.05, 4.69) is 19.2 Å². The standard InChI is InChI=1S/C16H23F2NO/c1-12(2)19-10-16(7-4-8-20-11-16)9-13-14(17)5-3-6-15(13)18/h3,5-6,12,19H,4,7-11H2,1-2H3. The highest BCUT2D eigenvalue weighted by molar-refractivity contribution is 5.21. The van der Waals surface area contributed by atoms with Gasteiger partial charge in [-0.2, -0.15) is 0 Å². The summed E-state index contributed by atoms with van der Waals surface area (Å²) in [6.07, 6.45) is 2.25. The SMILES string of the molecule is CC(C)NCC1(Cc2c(F)cccc2F)CCCOC1. The first-order valence-corrected chi connectivity index (χ1v) is 7.26. The molecule has 1 aromatic carbocycles. The number of hydrogen-bond acceptors (Lipinski definition) is 2. The van der Waals surface area contributed by atoms with Crippen molar-refractivity contribution < 1.29 is 13.5 Å². The summed E-state index contributed by atoms with van der Waals surface area (Å²) < 4.78 is 33.3. The second-order valence-corrected chi connectivity index (χ2v) is 6.07. The Hall–Kier alpha value is -1.00. The molecule has 0 aromatic heterocycles. The van der Waals surface area contributed by atoms with Crippen molar-refractivity contribution in [3.63, 3.8) is 0 Å². The zero-order valence-corrected chi connectivity index (χ0v) is 12.2. The van der Waals surface area contributed by atoms with Gasteiger partial charge in [-0.3, -0.25) is 0 Å². The first kappa shape index (κ1) is 15.4. The second-order valence-electron chi connectivity index (χ2n) is 6.07. The molecule has 0 saturated carbocycles. The van der Waals surface area contributed by atoms with Gasteiger partial charge in [-0.05, 0) is 31.4 Å². The number of ether oxygens (including phenoxy) is 1. The Labute approximate surface area is 119 Å². The zero-order valence-electron chi connectivity index (χ0n) is 12.2. The molecule has 2 nitrogen and oxygen atoms in total. The van der Waals surface area contributed by atoms with Gasteiger partial charge >= 0.3 is 0 Å². The summed E-state index contributed by atoms with van der Waals surface area (Å²) in [6, 6.07) is 4.40. The maximum absolute atomic E-state index is 13.9. The average Bonchev–Trinajstić information content (AvgIpc) is 2.42. The van der Waals surface area contributed by atoms with E-state index in [0.29, 0.717) is 19.1 Å². The van der Waals surface area contributed by atoms with Crippen LogP contribution in [0.4, 0.5) is 8.78 Å². The van der Waals surface area contributed by atoms with Gasteiger partial charge in [0.1, 0.15) is 11.6 Å². The van der Waals surface area contributed by atoms with Gasteiger partial charge in [-0.1, -0.05) is 19.9 Å². The summed E-state index contributed by atoms with van der Waals surface area (Å²) in [5, 5.41) is 3.39. The third-order valence-corrected chi connectivity index (χ3v) is 3.90. The minimum atomic E-state index is -0.459. The highest BCUT2D eigenvalue weighted by atomic mass is 19.1. The van der Waals surface area contributed by atoms with Crippen LogP contribution in [0.2, 0.25) is 0 Å². The third-order valence-electron chi connectivity index (χ3n) is 3.90. The fraction of sp³-hybridized carbons (Fsp3) is 0.625. The summed E-state index contributed by atoms with van der Waals surface area (Å²) >= 11 is 0. The Morgan fingerprint density at radius 2 is 2.00 bits per heavy atom. The van der Waals surface area contributed by atoms with E-state index >= 15 is 0 Å². The molecule has 1 aromatic rings. The Morgan fingerprint density at radius 1 is 1.30 bits per heavy atom. The Balaban J connectivity index is 2.18. The lowest BCUT2D eigenvalue weighted by atomic mass is 9.76. The smallest absolute Gasteiger partial charge is 0.129 e. The molecule has 0 radical (unpaired) electrons. The first-order chi connectivity index (χ1) is 9.52. The monoisotopic (exact) mass is 283 g/mol. The van der Waals surface area contributed by atoms with Crippen molar-refractivity contribution in [2.45, 2.75) is 39.2 Å². The quantitative estimate of drug-likeness (QED) is 0.895. The van der Waals surface area contributed by atoms with Gasteiger partial charge < -0.3 is 10.1 Å². The van der Waals surface area contributed by atoms with Gasteiger partial charge in [-0.25, -0.2) is 8.78 Å². The summed E-state index contributed by atoms with van der Waals surface area (Å²) in [5.74, 6) is -0.918. The topological polar surface area (TPSA) is 21.3 Å². The molecule has 2 rings (SSSR count). The van der Waals surface area contributed by atoms with Crippen molar-refractivity contribution in [2.75, 3.05) is 19.8 Å². The molecule has 112 valence electrons. The maximum atomic E-state index is 13.9. The van der Waals surface area contributed by atoms with Gasteiger partial charge in [0.05, 0.1) is 6.61 Å².